The van der Waals surface area contributed by atoms with Gasteiger partial charge in [-0.3, -0.25) is 4.79 Å². The summed E-state index contributed by atoms with van der Waals surface area (Å²) >= 11 is 0. The molecule has 2 heteroatoms. The van der Waals surface area contributed by atoms with Gasteiger partial charge in [0.2, 0.25) is 0 Å². The molecule has 0 fully saturated rings. The molecule has 0 saturated heterocycles. The maximum Gasteiger partial charge on any atom is 0.162 e. The number of fused-ring (bicyclic) bond motifs is 4. The van der Waals surface area contributed by atoms with Gasteiger partial charge in [-0.2, -0.15) is 0 Å². The lowest BCUT2D eigenvalue weighted by atomic mass is 9.68. The first-order chi connectivity index (χ1) is 14.4. The number of Topliss-reactive ketones (excluding diaryl/α,β-unsaturated/α-hetero) is 1. The van der Waals surface area contributed by atoms with Crippen molar-refractivity contribution >= 4 is 33.9 Å². The number of carbonyl (C=O) groups excluding carboxylic acids is 1. The number of ketones is 1. The van der Waals surface area contributed by atoms with E-state index in [1.165, 1.54) is 27.5 Å². The number of hydrogen-bond acceptors (Lipinski definition) is 2. The van der Waals surface area contributed by atoms with Crippen molar-refractivity contribution in [1.29, 1.82) is 0 Å². The van der Waals surface area contributed by atoms with Gasteiger partial charge in [-0.05, 0) is 52.3 Å². The molecule has 0 radical (unpaired) electrons. The molecule has 150 valence electrons. The van der Waals surface area contributed by atoms with Crippen LogP contribution in [0.2, 0.25) is 0 Å². The highest BCUT2D eigenvalue weighted by atomic mass is 16.1. The number of rotatable bonds is 2. The minimum atomic E-state index is -0.0857. The van der Waals surface area contributed by atoms with Crippen LogP contribution in [0.15, 0.2) is 77.9 Å². The summed E-state index contributed by atoms with van der Waals surface area (Å²) in [5, 5.41) is 6.16. The highest BCUT2D eigenvalue weighted by molar-refractivity contribution is 6.13. The predicted molar refractivity (Wildman–Crippen MR) is 126 cm³/mol. The summed E-state index contributed by atoms with van der Waals surface area (Å²) in [7, 11) is 0. The fourth-order valence-corrected chi connectivity index (χ4v) is 5.07. The minimum Gasteiger partial charge on any atom is -0.374 e. The smallest absolute Gasteiger partial charge is 0.162 e. The van der Waals surface area contributed by atoms with Crippen molar-refractivity contribution in [1.82, 2.24) is 0 Å². The molecule has 1 aliphatic carbocycles. The molecule has 0 saturated carbocycles. The second-order valence-corrected chi connectivity index (χ2v) is 9.42. The first kappa shape index (κ1) is 18.9. The zero-order valence-electron chi connectivity index (χ0n) is 17.8. The number of hydrogen-bond donors (Lipinski definition) is 1. The number of nitrogens with one attached hydrogen (secondary N) is 1. The maximum atomic E-state index is 13.4. The van der Waals surface area contributed by atoms with E-state index in [4.69, 9.17) is 0 Å². The quantitative estimate of drug-likeness (QED) is 0.514. The number of benzene rings is 3. The van der Waals surface area contributed by atoms with Crippen LogP contribution in [0.3, 0.4) is 0 Å². The molecule has 5 rings (SSSR count). The molecule has 3 aromatic rings. The zero-order chi connectivity index (χ0) is 20.9. The van der Waals surface area contributed by atoms with Gasteiger partial charge in [-0.1, -0.05) is 80.6 Å². The van der Waals surface area contributed by atoms with Crippen LogP contribution in [-0.2, 0) is 4.79 Å². The summed E-state index contributed by atoms with van der Waals surface area (Å²) in [5.74, 6) is 0.276. The van der Waals surface area contributed by atoms with Crippen LogP contribution in [0.1, 0.15) is 44.7 Å². The van der Waals surface area contributed by atoms with Crippen LogP contribution in [0.5, 0.6) is 0 Å². The largest absolute Gasteiger partial charge is 0.374 e. The van der Waals surface area contributed by atoms with Gasteiger partial charge in [0, 0.05) is 23.2 Å². The molecule has 0 amide bonds. The molecule has 1 heterocycles. The van der Waals surface area contributed by atoms with E-state index in [1.54, 1.807) is 0 Å². The van der Waals surface area contributed by atoms with Gasteiger partial charge in [0.25, 0.3) is 0 Å². The van der Waals surface area contributed by atoms with Crippen LogP contribution in [0, 0.1) is 5.41 Å². The fourth-order valence-electron chi connectivity index (χ4n) is 5.07. The molecule has 2 aliphatic rings. The average Bonchev–Trinajstić information content (AvgIpc) is 2.72. The van der Waals surface area contributed by atoms with Crippen LogP contribution in [0.4, 0.5) is 5.69 Å². The van der Waals surface area contributed by atoms with E-state index in [0.29, 0.717) is 6.42 Å². The van der Waals surface area contributed by atoms with E-state index in [0.717, 1.165) is 23.2 Å². The highest BCUT2D eigenvalue weighted by Gasteiger charge is 2.40. The van der Waals surface area contributed by atoms with Crippen LogP contribution < -0.4 is 5.32 Å². The summed E-state index contributed by atoms with van der Waals surface area (Å²) < 4.78 is 0. The molecule has 1 atom stereocenters. The highest BCUT2D eigenvalue weighted by Crippen LogP contribution is 2.49. The molecular formula is C28H27NO. The predicted octanol–water partition coefficient (Wildman–Crippen LogP) is 6.88. The average molecular weight is 394 g/mol. The first-order valence-electron chi connectivity index (χ1n) is 10.7. The summed E-state index contributed by atoms with van der Waals surface area (Å²) in [4.78, 5) is 13.4. The van der Waals surface area contributed by atoms with Crippen LogP contribution in [-0.4, -0.2) is 11.8 Å². The van der Waals surface area contributed by atoms with Crippen molar-refractivity contribution in [3.63, 3.8) is 0 Å². The molecule has 30 heavy (non-hydrogen) atoms. The lowest BCUT2D eigenvalue weighted by Gasteiger charge is -2.40. The topological polar surface area (TPSA) is 29.1 Å². The Morgan fingerprint density at radius 2 is 1.70 bits per heavy atom. The maximum absolute atomic E-state index is 13.4. The third-order valence-corrected chi connectivity index (χ3v) is 6.39. The Labute approximate surface area is 178 Å². The van der Waals surface area contributed by atoms with Crippen molar-refractivity contribution in [2.24, 2.45) is 5.41 Å². The van der Waals surface area contributed by atoms with E-state index in [1.807, 2.05) is 18.2 Å². The fraction of sp³-hybridized carbons (Fsp3) is 0.250. The first-order valence-corrected chi connectivity index (χ1v) is 10.7. The van der Waals surface area contributed by atoms with Crippen molar-refractivity contribution in [3.05, 3.63) is 89.0 Å². The van der Waals surface area contributed by atoms with E-state index in [2.05, 4.69) is 80.7 Å². The molecule has 0 spiro atoms. The molecule has 0 bridgehead atoms. The molecule has 3 aromatic carbocycles. The van der Waals surface area contributed by atoms with Gasteiger partial charge in [0.15, 0.2) is 5.78 Å². The van der Waals surface area contributed by atoms with Crippen molar-refractivity contribution < 1.29 is 4.79 Å². The number of anilines is 1. The van der Waals surface area contributed by atoms with Gasteiger partial charge in [0.1, 0.15) is 0 Å². The second-order valence-electron chi connectivity index (χ2n) is 9.42. The summed E-state index contributed by atoms with van der Waals surface area (Å²) in [6.45, 7) is 6.56. The van der Waals surface area contributed by atoms with Gasteiger partial charge >= 0.3 is 0 Å². The van der Waals surface area contributed by atoms with Crippen molar-refractivity contribution in [2.75, 3.05) is 5.32 Å². The van der Waals surface area contributed by atoms with Crippen LogP contribution in [0.25, 0.3) is 22.4 Å². The normalized spacial score (nSPS) is 20.6. The van der Waals surface area contributed by atoms with E-state index >= 15 is 0 Å². The van der Waals surface area contributed by atoms with Gasteiger partial charge in [-0.25, -0.2) is 0 Å². The molecule has 2 nitrogen and oxygen atoms in total. The minimum absolute atomic E-state index is 0.0247. The monoisotopic (exact) mass is 393 g/mol. The lowest BCUT2D eigenvalue weighted by molar-refractivity contribution is -0.117. The van der Waals surface area contributed by atoms with Crippen molar-refractivity contribution in [3.8, 4) is 0 Å². The van der Waals surface area contributed by atoms with Gasteiger partial charge < -0.3 is 5.32 Å². The van der Waals surface area contributed by atoms with E-state index < -0.39 is 0 Å². The van der Waals surface area contributed by atoms with Crippen molar-refractivity contribution in [2.45, 2.75) is 39.7 Å². The Morgan fingerprint density at radius 1 is 0.967 bits per heavy atom. The molecule has 1 aliphatic heterocycles. The Morgan fingerprint density at radius 3 is 2.50 bits per heavy atom. The molecule has 1 N–H and O–H groups in total. The lowest BCUT2D eigenvalue weighted by Crippen LogP contribution is -2.37. The second kappa shape index (κ2) is 6.98. The summed E-state index contributed by atoms with van der Waals surface area (Å²) in [6, 6.07) is 23.1. The summed E-state index contributed by atoms with van der Waals surface area (Å²) in [6.07, 6.45) is 3.72. The van der Waals surface area contributed by atoms with Gasteiger partial charge in [-0.15, -0.1) is 0 Å². The zero-order valence-corrected chi connectivity index (χ0v) is 17.8. The third-order valence-electron chi connectivity index (χ3n) is 6.39. The standard InChI is InChI=1S/C28H27NO/c1-18(15-19-9-5-4-6-10-19)27-26-22(16-28(2,3)17-24(26)30)25-21-12-8-7-11-20(21)13-14-23(25)29-27/h4-15,27,29H,16-17H2,1-3H3/b18-15-/t27-/m1/s1. The van der Waals surface area contributed by atoms with Crippen LogP contribution >= 0.6 is 0 Å². The summed E-state index contributed by atoms with van der Waals surface area (Å²) in [5.41, 5.74) is 6.84. The molecular weight excluding hydrogens is 366 g/mol. The van der Waals surface area contributed by atoms with E-state index in [9.17, 15) is 4.79 Å². The number of carbonyl (C=O) groups is 1. The Bertz CT molecular complexity index is 1210. The molecule has 0 unspecified atom stereocenters. The third kappa shape index (κ3) is 3.17. The van der Waals surface area contributed by atoms with Gasteiger partial charge in [0.05, 0.1) is 6.04 Å². The van der Waals surface area contributed by atoms with E-state index in [-0.39, 0.29) is 17.2 Å². The molecule has 0 aromatic heterocycles. The Hall–Kier alpha value is -3.13. The Balaban J connectivity index is 1.73. The number of allylic oxidation sites excluding steroid dienone is 1. The SMILES string of the molecule is C/C(=C/c1ccccc1)[C@H]1Nc2ccc3ccccc3c2C2=C1C(=O)CC(C)(C)C2. The Kier molecular flexibility index (Phi) is 4.39.